The van der Waals surface area contributed by atoms with Gasteiger partial charge in [0, 0.05) is 30.9 Å². The monoisotopic (exact) mass is 262 g/mol. The van der Waals surface area contributed by atoms with Gasteiger partial charge in [-0.2, -0.15) is 0 Å². The summed E-state index contributed by atoms with van der Waals surface area (Å²) < 4.78 is 22.9. The molecule has 0 amide bonds. The Labute approximate surface area is 106 Å². The van der Waals surface area contributed by atoms with E-state index in [1.54, 1.807) is 6.92 Å². The summed E-state index contributed by atoms with van der Waals surface area (Å²) in [6.45, 7) is 10.1. The van der Waals surface area contributed by atoms with Crippen molar-refractivity contribution in [3.63, 3.8) is 0 Å². The summed E-state index contributed by atoms with van der Waals surface area (Å²) in [6.07, 6.45) is 1.85. The summed E-state index contributed by atoms with van der Waals surface area (Å²) in [6, 6.07) is 0. The highest BCUT2D eigenvalue weighted by molar-refractivity contribution is 7.91. The van der Waals surface area contributed by atoms with Crippen LogP contribution in [0.1, 0.15) is 33.6 Å². The van der Waals surface area contributed by atoms with Gasteiger partial charge in [-0.15, -0.1) is 0 Å². The molecule has 5 heteroatoms. The molecule has 1 aliphatic heterocycles. The van der Waals surface area contributed by atoms with Gasteiger partial charge in [0.25, 0.3) is 0 Å². The van der Waals surface area contributed by atoms with Gasteiger partial charge in [0.05, 0.1) is 5.75 Å². The maximum absolute atomic E-state index is 11.4. The maximum Gasteiger partial charge on any atom is 0.150 e. The summed E-state index contributed by atoms with van der Waals surface area (Å²) in [5, 5.41) is 3.41. The minimum Gasteiger partial charge on any atom is -0.314 e. The number of nitrogens with zero attached hydrogens (tertiary/aromatic N) is 1. The molecule has 1 N–H and O–H groups in total. The summed E-state index contributed by atoms with van der Waals surface area (Å²) in [5.74, 6) is 0.590. The molecule has 102 valence electrons. The molecular weight excluding hydrogens is 236 g/mol. The minimum atomic E-state index is -2.81. The van der Waals surface area contributed by atoms with Crippen molar-refractivity contribution in [2.45, 2.75) is 39.2 Å². The van der Waals surface area contributed by atoms with Gasteiger partial charge in [0.15, 0.2) is 0 Å². The van der Waals surface area contributed by atoms with Crippen LogP contribution in [0.4, 0.5) is 0 Å². The Morgan fingerprint density at radius 3 is 2.65 bits per heavy atom. The Kier molecular flexibility index (Phi) is 5.41. The van der Waals surface area contributed by atoms with Crippen LogP contribution in [0.5, 0.6) is 0 Å². The molecule has 1 rings (SSSR count). The number of sulfone groups is 1. The topological polar surface area (TPSA) is 49.4 Å². The zero-order valence-corrected chi connectivity index (χ0v) is 12.1. The molecule has 1 aliphatic rings. The first-order valence-corrected chi connectivity index (χ1v) is 8.42. The van der Waals surface area contributed by atoms with Crippen molar-refractivity contribution in [1.29, 1.82) is 0 Å². The van der Waals surface area contributed by atoms with Crippen LogP contribution < -0.4 is 5.32 Å². The Balaban J connectivity index is 2.44. The van der Waals surface area contributed by atoms with Gasteiger partial charge in [-0.3, -0.25) is 4.90 Å². The van der Waals surface area contributed by atoms with Gasteiger partial charge in [-0.25, -0.2) is 8.42 Å². The highest BCUT2D eigenvalue weighted by atomic mass is 32.2. The van der Waals surface area contributed by atoms with Crippen molar-refractivity contribution >= 4 is 9.84 Å². The van der Waals surface area contributed by atoms with E-state index < -0.39 is 9.84 Å². The average Bonchev–Trinajstić information content (AvgIpc) is 2.32. The molecule has 0 radical (unpaired) electrons. The van der Waals surface area contributed by atoms with Crippen LogP contribution in [0.3, 0.4) is 0 Å². The lowest BCUT2D eigenvalue weighted by atomic mass is 9.94. The first-order chi connectivity index (χ1) is 7.93. The third-order valence-corrected chi connectivity index (χ3v) is 5.70. The fourth-order valence-corrected chi connectivity index (χ4v) is 3.16. The standard InChI is InChI=1S/C12H26N2O2S/c1-4-12(3)11-13-7-9-14(12)8-6-10-17(15,16)5-2/h13H,4-11H2,1-3H3. The van der Waals surface area contributed by atoms with Gasteiger partial charge in [-0.05, 0) is 26.3 Å². The van der Waals surface area contributed by atoms with E-state index in [1.165, 1.54) is 0 Å². The van der Waals surface area contributed by atoms with E-state index in [2.05, 4.69) is 24.1 Å². The van der Waals surface area contributed by atoms with Crippen molar-refractivity contribution in [3.05, 3.63) is 0 Å². The summed E-state index contributed by atoms with van der Waals surface area (Å²) in [5.41, 5.74) is 0.189. The van der Waals surface area contributed by atoms with Crippen molar-refractivity contribution < 1.29 is 8.42 Å². The highest BCUT2D eigenvalue weighted by Gasteiger charge is 2.32. The number of nitrogens with one attached hydrogen (secondary N) is 1. The first kappa shape index (κ1) is 14.9. The molecule has 4 nitrogen and oxygen atoms in total. The highest BCUT2D eigenvalue weighted by Crippen LogP contribution is 2.21. The third-order valence-electron chi connectivity index (χ3n) is 3.91. The van der Waals surface area contributed by atoms with E-state index in [1.807, 2.05) is 0 Å². The van der Waals surface area contributed by atoms with Crippen LogP contribution in [-0.4, -0.2) is 56.5 Å². The summed E-state index contributed by atoms with van der Waals surface area (Å²) in [4.78, 5) is 2.44. The van der Waals surface area contributed by atoms with E-state index in [0.717, 1.165) is 39.0 Å². The van der Waals surface area contributed by atoms with E-state index in [9.17, 15) is 8.42 Å². The van der Waals surface area contributed by atoms with Gasteiger partial charge in [-0.1, -0.05) is 13.8 Å². The second kappa shape index (κ2) is 6.16. The second-order valence-corrected chi connectivity index (χ2v) is 7.58. The minimum absolute atomic E-state index is 0.189. The van der Waals surface area contributed by atoms with Gasteiger partial charge < -0.3 is 5.32 Å². The van der Waals surface area contributed by atoms with Crippen molar-refractivity contribution in [1.82, 2.24) is 10.2 Å². The molecule has 0 aromatic rings. The second-order valence-electron chi connectivity index (χ2n) is 5.10. The van der Waals surface area contributed by atoms with Crippen molar-refractivity contribution in [2.75, 3.05) is 37.7 Å². The predicted octanol–water partition coefficient (Wildman–Crippen LogP) is 0.885. The molecule has 1 atom stereocenters. The molecule has 0 saturated carbocycles. The Hall–Kier alpha value is -0.130. The average molecular weight is 262 g/mol. The van der Waals surface area contributed by atoms with E-state index in [0.29, 0.717) is 5.75 Å². The largest absolute Gasteiger partial charge is 0.314 e. The molecule has 1 heterocycles. The fraction of sp³-hybridized carbons (Fsp3) is 1.00. The Morgan fingerprint density at radius 1 is 1.35 bits per heavy atom. The maximum atomic E-state index is 11.4. The molecule has 0 aromatic heterocycles. The van der Waals surface area contributed by atoms with Gasteiger partial charge >= 0.3 is 0 Å². The molecule has 0 spiro atoms. The number of hydrogen-bond donors (Lipinski definition) is 1. The SMILES string of the molecule is CCC1(C)CNCCN1CCCS(=O)(=O)CC. The Morgan fingerprint density at radius 2 is 2.06 bits per heavy atom. The quantitative estimate of drug-likeness (QED) is 0.772. The fourth-order valence-electron chi connectivity index (χ4n) is 2.30. The third kappa shape index (κ3) is 4.23. The summed E-state index contributed by atoms with van der Waals surface area (Å²) in [7, 11) is -2.81. The predicted molar refractivity (Wildman–Crippen MR) is 72.1 cm³/mol. The number of hydrogen-bond acceptors (Lipinski definition) is 4. The van der Waals surface area contributed by atoms with Crippen LogP contribution in [0.15, 0.2) is 0 Å². The molecule has 1 saturated heterocycles. The van der Waals surface area contributed by atoms with Crippen LogP contribution in [0, 0.1) is 0 Å². The van der Waals surface area contributed by atoms with E-state index >= 15 is 0 Å². The van der Waals surface area contributed by atoms with Gasteiger partial charge in [0.2, 0.25) is 0 Å². The number of rotatable bonds is 6. The smallest absolute Gasteiger partial charge is 0.150 e. The van der Waals surface area contributed by atoms with Crippen LogP contribution in [0.25, 0.3) is 0 Å². The molecule has 1 fully saturated rings. The van der Waals surface area contributed by atoms with Crippen LogP contribution in [-0.2, 0) is 9.84 Å². The van der Waals surface area contributed by atoms with E-state index in [-0.39, 0.29) is 11.3 Å². The van der Waals surface area contributed by atoms with Crippen LogP contribution in [0.2, 0.25) is 0 Å². The van der Waals surface area contributed by atoms with Gasteiger partial charge in [0.1, 0.15) is 9.84 Å². The van der Waals surface area contributed by atoms with Crippen LogP contribution >= 0.6 is 0 Å². The zero-order valence-electron chi connectivity index (χ0n) is 11.3. The molecule has 17 heavy (non-hydrogen) atoms. The molecular formula is C12H26N2O2S. The van der Waals surface area contributed by atoms with Crippen molar-refractivity contribution in [3.8, 4) is 0 Å². The van der Waals surface area contributed by atoms with E-state index in [4.69, 9.17) is 0 Å². The molecule has 0 bridgehead atoms. The zero-order chi connectivity index (χ0) is 12.9. The first-order valence-electron chi connectivity index (χ1n) is 6.60. The molecule has 1 unspecified atom stereocenters. The Bertz CT molecular complexity index is 329. The lowest BCUT2D eigenvalue weighted by Gasteiger charge is -2.45. The normalized spacial score (nSPS) is 27.2. The lowest BCUT2D eigenvalue weighted by Crippen LogP contribution is -2.59. The van der Waals surface area contributed by atoms with Crippen molar-refractivity contribution in [2.24, 2.45) is 0 Å². The molecule has 0 aliphatic carbocycles. The lowest BCUT2D eigenvalue weighted by molar-refractivity contribution is 0.0718. The summed E-state index contributed by atoms with van der Waals surface area (Å²) >= 11 is 0. The number of piperazine rings is 1. The molecule has 0 aromatic carbocycles.